The van der Waals surface area contributed by atoms with Crippen molar-refractivity contribution in [1.29, 1.82) is 0 Å². The lowest BCUT2D eigenvalue weighted by molar-refractivity contribution is 0.636. The highest BCUT2D eigenvalue weighted by molar-refractivity contribution is 5.95. The van der Waals surface area contributed by atoms with Gasteiger partial charge >= 0.3 is 0 Å². The van der Waals surface area contributed by atoms with Gasteiger partial charge in [0, 0.05) is 23.2 Å². The van der Waals surface area contributed by atoms with Gasteiger partial charge in [0.1, 0.15) is 11.3 Å². The first-order valence-corrected chi connectivity index (χ1v) is 7.55. The van der Waals surface area contributed by atoms with E-state index in [-0.39, 0.29) is 11.9 Å². The summed E-state index contributed by atoms with van der Waals surface area (Å²) in [5, 5.41) is 4.47. The lowest BCUT2D eigenvalue weighted by Crippen LogP contribution is -2.07. The van der Waals surface area contributed by atoms with E-state index in [1.54, 1.807) is 6.07 Å². The number of nitrogens with one attached hydrogen (secondary N) is 1. The van der Waals surface area contributed by atoms with Crippen molar-refractivity contribution in [3.63, 3.8) is 0 Å². The van der Waals surface area contributed by atoms with E-state index in [1.807, 2.05) is 13.0 Å². The highest BCUT2D eigenvalue weighted by atomic mass is 19.1. The standard InChI is InChI=1S/C19H17FN2/c1-11-6-3-4-7-13(11)17-10-15-12(2)21-19-14(18(15)22-17)8-5-9-16(19)20/h3-9,17,22H,10H2,1-2H3. The number of hydrogen-bond acceptors (Lipinski definition) is 2. The van der Waals surface area contributed by atoms with Gasteiger partial charge in [0.15, 0.2) is 0 Å². The van der Waals surface area contributed by atoms with E-state index in [1.165, 1.54) is 22.8 Å². The number of pyridine rings is 1. The Labute approximate surface area is 129 Å². The SMILES string of the molecule is Cc1ccccc1C1Cc2c(C)nc3c(F)cccc3c2N1. The van der Waals surface area contributed by atoms with Crippen molar-refractivity contribution in [2.45, 2.75) is 26.3 Å². The minimum absolute atomic E-state index is 0.227. The maximum absolute atomic E-state index is 14.0. The zero-order chi connectivity index (χ0) is 15.3. The molecule has 1 atom stereocenters. The Morgan fingerprint density at radius 3 is 2.73 bits per heavy atom. The molecule has 2 nitrogen and oxygen atoms in total. The number of benzene rings is 2. The van der Waals surface area contributed by atoms with Crippen LogP contribution in [-0.2, 0) is 6.42 Å². The number of aromatic nitrogens is 1. The van der Waals surface area contributed by atoms with E-state index in [9.17, 15) is 4.39 Å². The molecule has 2 aromatic carbocycles. The minimum Gasteiger partial charge on any atom is -0.377 e. The Morgan fingerprint density at radius 2 is 1.91 bits per heavy atom. The fourth-order valence-electron chi connectivity index (χ4n) is 3.42. The van der Waals surface area contributed by atoms with Gasteiger partial charge in [-0.1, -0.05) is 36.4 Å². The molecule has 1 N–H and O–H groups in total. The van der Waals surface area contributed by atoms with E-state index in [0.717, 1.165) is 23.2 Å². The smallest absolute Gasteiger partial charge is 0.149 e. The third kappa shape index (κ3) is 1.89. The highest BCUT2D eigenvalue weighted by Gasteiger charge is 2.27. The van der Waals surface area contributed by atoms with Crippen molar-refractivity contribution in [1.82, 2.24) is 4.98 Å². The van der Waals surface area contributed by atoms with E-state index in [4.69, 9.17) is 0 Å². The van der Waals surface area contributed by atoms with Crippen molar-refractivity contribution in [2.75, 3.05) is 5.32 Å². The van der Waals surface area contributed by atoms with Gasteiger partial charge in [-0.25, -0.2) is 9.37 Å². The quantitative estimate of drug-likeness (QED) is 0.703. The van der Waals surface area contributed by atoms with Crippen molar-refractivity contribution in [3.8, 4) is 0 Å². The number of nitrogens with zero attached hydrogens (tertiary/aromatic N) is 1. The molecule has 1 aromatic heterocycles. The van der Waals surface area contributed by atoms with Crippen LogP contribution in [-0.4, -0.2) is 4.98 Å². The normalized spacial score (nSPS) is 16.6. The second-order valence-corrected chi connectivity index (χ2v) is 5.94. The second-order valence-electron chi connectivity index (χ2n) is 5.94. The lowest BCUT2D eigenvalue weighted by atomic mass is 9.98. The third-order valence-electron chi connectivity index (χ3n) is 4.56. The topological polar surface area (TPSA) is 24.9 Å². The molecule has 1 aliphatic rings. The summed E-state index contributed by atoms with van der Waals surface area (Å²) in [4.78, 5) is 4.48. The first-order valence-electron chi connectivity index (χ1n) is 7.55. The Morgan fingerprint density at radius 1 is 1.09 bits per heavy atom. The second kappa shape index (κ2) is 4.80. The zero-order valence-corrected chi connectivity index (χ0v) is 12.7. The predicted molar refractivity (Wildman–Crippen MR) is 87.7 cm³/mol. The van der Waals surface area contributed by atoms with Gasteiger partial charge in [-0.05, 0) is 36.6 Å². The van der Waals surface area contributed by atoms with E-state index in [0.29, 0.717) is 5.52 Å². The fraction of sp³-hybridized carbons (Fsp3) is 0.211. The highest BCUT2D eigenvalue weighted by Crippen LogP contribution is 2.41. The number of para-hydroxylation sites is 1. The number of aryl methyl sites for hydroxylation is 2. The molecular formula is C19H17FN2. The van der Waals surface area contributed by atoms with Crippen LogP contribution in [0.15, 0.2) is 42.5 Å². The number of halogens is 1. The number of fused-ring (bicyclic) bond motifs is 3. The summed E-state index contributed by atoms with van der Waals surface area (Å²) in [6.45, 7) is 4.09. The van der Waals surface area contributed by atoms with Crippen LogP contribution in [0.2, 0.25) is 0 Å². The number of rotatable bonds is 1. The monoisotopic (exact) mass is 292 g/mol. The minimum atomic E-state index is -0.260. The molecule has 4 rings (SSSR count). The van der Waals surface area contributed by atoms with E-state index < -0.39 is 0 Å². The molecule has 2 heterocycles. The van der Waals surface area contributed by atoms with Crippen molar-refractivity contribution < 1.29 is 4.39 Å². The van der Waals surface area contributed by atoms with Crippen LogP contribution in [0.3, 0.4) is 0 Å². The Bertz CT molecular complexity index is 886. The molecule has 0 spiro atoms. The molecule has 0 aliphatic carbocycles. The molecular weight excluding hydrogens is 275 g/mol. The lowest BCUT2D eigenvalue weighted by Gasteiger charge is -2.14. The maximum atomic E-state index is 14.0. The van der Waals surface area contributed by atoms with Crippen LogP contribution in [0, 0.1) is 19.7 Å². The van der Waals surface area contributed by atoms with Crippen LogP contribution in [0.25, 0.3) is 10.9 Å². The summed E-state index contributed by atoms with van der Waals surface area (Å²) in [6.07, 6.45) is 0.894. The predicted octanol–water partition coefficient (Wildman–Crippen LogP) is 4.70. The first-order chi connectivity index (χ1) is 10.6. The van der Waals surface area contributed by atoms with Crippen LogP contribution in [0.1, 0.15) is 28.4 Å². The first kappa shape index (κ1) is 13.3. The maximum Gasteiger partial charge on any atom is 0.149 e. The average Bonchev–Trinajstić information content (AvgIpc) is 2.95. The van der Waals surface area contributed by atoms with Gasteiger partial charge in [-0.2, -0.15) is 0 Å². The average molecular weight is 292 g/mol. The van der Waals surface area contributed by atoms with Crippen LogP contribution in [0.4, 0.5) is 10.1 Å². The Hall–Kier alpha value is -2.42. The van der Waals surface area contributed by atoms with Gasteiger partial charge in [0.25, 0.3) is 0 Å². The zero-order valence-electron chi connectivity index (χ0n) is 12.7. The number of anilines is 1. The van der Waals surface area contributed by atoms with Crippen LogP contribution in [0.5, 0.6) is 0 Å². The van der Waals surface area contributed by atoms with Crippen LogP contribution >= 0.6 is 0 Å². The third-order valence-corrected chi connectivity index (χ3v) is 4.56. The van der Waals surface area contributed by atoms with Crippen molar-refractivity contribution in [3.05, 3.63) is 70.7 Å². The molecule has 0 amide bonds. The summed E-state index contributed by atoms with van der Waals surface area (Å²) >= 11 is 0. The summed E-state index contributed by atoms with van der Waals surface area (Å²) in [5.41, 5.74) is 6.17. The van der Waals surface area contributed by atoms with E-state index in [2.05, 4.69) is 41.5 Å². The van der Waals surface area contributed by atoms with Gasteiger partial charge in [0.2, 0.25) is 0 Å². The molecule has 0 saturated carbocycles. The Kier molecular flexibility index (Phi) is 2.89. The molecule has 22 heavy (non-hydrogen) atoms. The molecule has 3 heteroatoms. The van der Waals surface area contributed by atoms with Gasteiger partial charge in [-0.3, -0.25) is 0 Å². The number of hydrogen-bond donors (Lipinski definition) is 1. The molecule has 1 aliphatic heterocycles. The van der Waals surface area contributed by atoms with Crippen LogP contribution < -0.4 is 5.32 Å². The Balaban J connectivity index is 1.87. The largest absolute Gasteiger partial charge is 0.377 e. The van der Waals surface area contributed by atoms with Crippen molar-refractivity contribution >= 4 is 16.6 Å². The summed E-state index contributed by atoms with van der Waals surface area (Å²) in [6, 6.07) is 13.8. The molecule has 110 valence electrons. The van der Waals surface area contributed by atoms with Crippen molar-refractivity contribution in [2.24, 2.45) is 0 Å². The summed E-state index contributed by atoms with van der Waals surface area (Å²) < 4.78 is 14.0. The molecule has 3 aromatic rings. The molecule has 0 bridgehead atoms. The van der Waals surface area contributed by atoms with Gasteiger partial charge < -0.3 is 5.32 Å². The van der Waals surface area contributed by atoms with Gasteiger partial charge in [0.05, 0.1) is 6.04 Å². The van der Waals surface area contributed by atoms with E-state index >= 15 is 0 Å². The summed E-state index contributed by atoms with van der Waals surface area (Å²) in [7, 11) is 0. The molecule has 0 radical (unpaired) electrons. The molecule has 0 fully saturated rings. The molecule has 1 unspecified atom stereocenters. The summed E-state index contributed by atoms with van der Waals surface area (Å²) in [5.74, 6) is -0.260. The fourth-order valence-corrected chi connectivity index (χ4v) is 3.42. The molecule has 0 saturated heterocycles. The van der Waals surface area contributed by atoms with Gasteiger partial charge in [-0.15, -0.1) is 0 Å².